The molecule has 0 bridgehead atoms. The smallest absolute Gasteiger partial charge is 0.406 e. The van der Waals surface area contributed by atoms with Crippen molar-refractivity contribution in [2.24, 2.45) is 0 Å². The molecule has 0 aliphatic heterocycles. The van der Waals surface area contributed by atoms with Gasteiger partial charge in [0.05, 0.1) is 6.61 Å². The second-order valence-electron chi connectivity index (χ2n) is 8.64. The van der Waals surface area contributed by atoms with Crippen molar-refractivity contribution in [2.45, 2.75) is 38.7 Å². The highest BCUT2D eigenvalue weighted by Crippen LogP contribution is 2.26. The minimum atomic E-state index is -4.73. The molecule has 0 aliphatic rings. The van der Waals surface area contributed by atoms with Gasteiger partial charge in [0.1, 0.15) is 17.4 Å². The van der Waals surface area contributed by atoms with Crippen LogP contribution in [0.5, 0.6) is 5.75 Å². The second kappa shape index (κ2) is 11.1. The molecule has 4 rings (SSSR count). The van der Waals surface area contributed by atoms with Gasteiger partial charge in [-0.15, -0.1) is 13.2 Å². The number of hydrogen-bond donors (Lipinski definition) is 0. The first-order chi connectivity index (χ1) is 17.2. The standard InChI is InChI=1S/C29H25F5O2/c1-35-18-21-4-9-22(27(30)17-21)8-3-20-7-15-26-24(16-20)12-11-23(28(26)31)10-2-19-5-13-25(14-6-19)36-29(32,33)34/h4-7,9,11-17H,2-3,8,10,18H2,1H3. The fraction of sp³-hybridized carbons (Fsp3) is 0.241. The monoisotopic (exact) mass is 500 g/mol. The Kier molecular flexibility index (Phi) is 7.89. The van der Waals surface area contributed by atoms with E-state index in [1.807, 2.05) is 24.3 Å². The van der Waals surface area contributed by atoms with Crippen molar-refractivity contribution in [3.8, 4) is 5.75 Å². The van der Waals surface area contributed by atoms with Gasteiger partial charge in [0, 0.05) is 12.5 Å². The van der Waals surface area contributed by atoms with Crippen LogP contribution in [0.2, 0.25) is 0 Å². The van der Waals surface area contributed by atoms with E-state index >= 15 is 4.39 Å². The molecule has 0 amide bonds. The van der Waals surface area contributed by atoms with Gasteiger partial charge in [0.15, 0.2) is 0 Å². The fourth-order valence-electron chi connectivity index (χ4n) is 4.20. The number of rotatable bonds is 9. The maximum absolute atomic E-state index is 15.2. The molecule has 0 aliphatic carbocycles. The van der Waals surface area contributed by atoms with Crippen LogP contribution in [0.15, 0.2) is 72.8 Å². The number of fused-ring (bicyclic) bond motifs is 1. The van der Waals surface area contributed by atoms with Gasteiger partial charge in [-0.2, -0.15) is 0 Å². The number of ether oxygens (including phenoxy) is 2. The molecule has 188 valence electrons. The summed E-state index contributed by atoms with van der Waals surface area (Å²) in [6, 6.07) is 19.8. The molecule has 0 N–H and O–H groups in total. The number of methoxy groups -OCH3 is 1. The van der Waals surface area contributed by atoms with Gasteiger partial charge >= 0.3 is 6.36 Å². The maximum Gasteiger partial charge on any atom is 0.573 e. The van der Waals surface area contributed by atoms with Crippen LogP contribution in [0.1, 0.15) is 27.8 Å². The molecule has 36 heavy (non-hydrogen) atoms. The van der Waals surface area contributed by atoms with Gasteiger partial charge in [-0.05, 0) is 77.1 Å². The van der Waals surface area contributed by atoms with E-state index in [2.05, 4.69) is 4.74 Å². The maximum atomic E-state index is 15.2. The number of aryl methyl sites for hydroxylation is 4. The summed E-state index contributed by atoms with van der Waals surface area (Å²) >= 11 is 0. The summed E-state index contributed by atoms with van der Waals surface area (Å²) < 4.78 is 75.3. The predicted octanol–water partition coefficient (Wildman–Crippen LogP) is 7.73. The average molecular weight is 501 g/mol. The molecule has 0 heterocycles. The molecule has 0 fully saturated rings. The van der Waals surface area contributed by atoms with E-state index in [1.54, 1.807) is 37.4 Å². The summed E-state index contributed by atoms with van der Waals surface area (Å²) in [5.74, 6) is -0.857. The van der Waals surface area contributed by atoms with Crippen LogP contribution in [0, 0.1) is 11.6 Å². The summed E-state index contributed by atoms with van der Waals surface area (Å²) in [4.78, 5) is 0. The van der Waals surface area contributed by atoms with Crippen molar-refractivity contribution < 1.29 is 31.4 Å². The molecule has 0 saturated heterocycles. The first-order valence-corrected chi connectivity index (χ1v) is 11.5. The minimum Gasteiger partial charge on any atom is -0.406 e. The first-order valence-electron chi connectivity index (χ1n) is 11.5. The highest BCUT2D eigenvalue weighted by Gasteiger charge is 2.30. The van der Waals surface area contributed by atoms with Gasteiger partial charge < -0.3 is 9.47 Å². The summed E-state index contributed by atoms with van der Waals surface area (Å²) in [6.45, 7) is 0.360. The van der Waals surface area contributed by atoms with E-state index in [0.29, 0.717) is 48.8 Å². The Labute approximate surface area is 206 Å². The summed E-state index contributed by atoms with van der Waals surface area (Å²) in [5.41, 5.74) is 3.69. The molecule has 0 unspecified atom stereocenters. The zero-order valence-electron chi connectivity index (χ0n) is 19.7. The molecular formula is C29H25F5O2. The van der Waals surface area contributed by atoms with Crippen molar-refractivity contribution >= 4 is 10.8 Å². The van der Waals surface area contributed by atoms with Crippen molar-refractivity contribution in [3.05, 3.63) is 112 Å². The third-order valence-electron chi connectivity index (χ3n) is 6.05. The molecule has 0 radical (unpaired) electrons. The second-order valence-corrected chi connectivity index (χ2v) is 8.64. The number of hydrogen-bond acceptors (Lipinski definition) is 2. The lowest BCUT2D eigenvalue weighted by molar-refractivity contribution is -0.274. The SMILES string of the molecule is COCc1ccc(CCc2ccc3c(F)c(CCc4ccc(OC(F)(F)F)cc4)ccc3c2)c(F)c1. The topological polar surface area (TPSA) is 18.5 Å². The van der Waals surface area contributed by atoms with E-state index in [9.17, 15) is 17.6 Å². The first kappa shape index (κ1) is 25.6. The van der Waals surface area contributed by atoms with Crippen LogP contribution in [0.4, 0.5) is 22.0 Å². The van der Waals surface area contributed by atoms with Crippen LogP contribution < -0.4 is 4.74 Å². The quantitative estimate of drug-likeness (QED) is 0.219. The molecular weight excluding hydrogens is 475 g/mol. The molecule has 7 heteroatoms. The Morgan fingerprint density at radius 2 is 1.31 bits per heavy atom. The van der Waals surface area contributed by atoms with Crippen molar-refractivity contribution in [1.29, 1.82) is 0 Å². The molecule has 0 atom stereocenters. The lowest BCUT2D eigenvalue weighted by Gasteiger charge is -2.11. The summed E-state index contributed by atoms with van der Waals surface area (Å²) in [7, 11) is 1.57. The molecule has 2 nitrogen and oxygen atoms in total. The molecule has 0 saturated carbocycles. The van der Waals surface area contributed by atoms with Crippen molar-refractivity contribution in [1.82, 2.24) is 0 Å². The third-order valence-corrected chi connectivity index (χ3v) is 6.05. The Morgan fingerprint density at radius 3 is 2.00 bits per heavy atom. The van der Waals surface area contributed by atoms with Crippen molar-refractivity contribution in [2.75, 3.05) is 7.11 Å². The lowest BCUT2D eigenvalue weighted by atomic mass is 9.97. The summed E-state index contributed by atoms with van der Waals surface area (Å²) in [6.07, 6.45) is -2.71. The molecule has 4 aromatic carbocycles. The molecule has 0 aromatic heterocycles. The van der Waals surface area contributed by atoms with E-state index in [0.717, 1.165) is 22.1 Å². The van der Waals surface area contributed by atoms with E-state index in [4.69, 9.17) is 4.74 Å². The van der Waals surface area contributed by atoms with Gasteiger partial charge in [-0.3, -0.25) is 0 Å². The number of benzene rings is 4. The van der Waals surface area contributed by atoms with Gasteiger partial charge in [-0.1, -0.05) is 54.6 Å². The van der Waals surface area contributed by atoms with Gasteiger partial charge in [-0.25, -0.2) is 8.78 Å². The number of alkyl halides is 3. The Hall–Kier alpha value is -3.45. The Morgan fingerprint density at radius 1 is 0.667 bits per heavy atom. The van der Waals surface area contributed by atoms with Gasteiger partial charge in [0.2, 0.25) is 0 Å². The zero-order chi connectivity index (χ0) is 25.7. The summed E-state index contributed by atoms with van der Waals surface area (Å²) in [5, 5.41) is 1.26. The third kappa shape index (κ3) is 6.61. The van der Waals surface area contributed by atoms with Gasteiger partial charge in [0.25, 0.3) is 0 Å². The van der Waals surface area contributed by atoms with Crippen LogP contribution >= 0.6 is 0 Å². The fourth-order valence-corrected chi connectivity index (χ4v) is 4.20. The molecule has 4 aromatic rings. The number of halogens is 5. The average Bonchev–Trinajstić information content (AvgIpc) is 2.83. The van der Waals surface area contributed by atoms with Crippen LogP contribution in [0.25, 0.3) is 10.8 Å². The molecule has 0 spiro atoms. The van der Waals surface area contributed by atoms with E-state index < -0.39 is 6.36 Å². The highest BCUT2D eigenvalue weighted by atomic mass is 19.4. The lowest BCUT2D eigenvalue weighted by Crippen LogP contribution is -2.17. The van der Waals surface area contributed by atoms with Crippen LogP contribution in [0.3, 0.4) is 0 Å². The van der Waals surface area contributed by atoms with E-state index in [1.165, 1.54) is 18.2 Å². The minimum absolute atomic E-state index is 0.261. The van der Waals surface area contributed by atoms with Crippen LogP contribution in [-0.2, 0) is 37.0 Å². The zero-order valence-corrected chi connectivity index (χ0v) is 19.7. The van der Waals surface area contributed by atoms with E-state index in [-0.39, 0.29) is 17.4 Å². The Balaban J connectivity index is 1.40. The van der Waals surface area contributed by atoms with Crippen molar-refractivity contribution in [3.63, 3.8) is 0 Å². The highest BCUT2D eigenvalue weighted by molar-refractivity contribution is 5.84. The normalized spacial score (nSPS) is 11.7. The predicted molar refractivity (Wildman–Crippen MR) is 129 cm³/mol. The van der Waals surface area contributed by atoms with Crippen LogP contribution in [-0.4, -0.2) is 13.5 Å². The Bertz CT molecular complexity index is 1330. The largest absolute Gasteiger partial charge is 0.573 e.